The van der Waals surface area contributed by atoms with Crippen LogP contribution in [-0.2, 0) is 9.47 Å². The third-order valence-corrected chi connectivity index (χ3v) is 3.31. The second-order valence-corrected chi connectivity index (χ2v) is 4.64. The number of rotatable bonds is 4. The molecule has 15 heavy (non-hydrogen) atoms. The summed E-state index contributed by atoms with van der Waals surface area (Å²) in [6.45, 7) is 1.70. The predicted octanol–water partition coefficient (Wildman–Crippen LogP) is 2.93. The molecule has 0 aromatic heterocycles. The minimum atomic E-state index is 0.0231. The van der Waals surface area contributed by atoms with Gasteiger partial charge in [-0.05, 0) is 18.6 Å². The van der Waals surface area contributed by atoms with Gasteiger partial charge in [0.25, 0.3) is 0 Å². The summed E-state index contributed by atoms with van der Waals surface area (Å²) in [6.07, 6.45) is 2.02. The van der Waals surface area contributed by atoms with Crippen LogP contribution in [0, 0.1) is 0 Å². The van der Waals surface area contributed by atoms with Crippen LogP contribution in [0.2, 0.25) is 0 Å². The maximum atomic E-state index is 5.48. The van der Waals surface area contributed by atoms with E-state index in [0.717, 1.165) is 31.8 Å². The summed E-state index contributed by atoms with van der Waals surface area (Å²) < 4.78 is 11.0. The van der Waals surface area contributed by atoms with E-state index in [-0.39, 0.29) is 6.29 Å². The van der Waals surface area contributed by atoms with E-state index in [1.54, 1.807) is 0 Å². The molecule has 0 unspecified atom stereocenters. The summed E-state index contributed by atoms with van der Waals surface area (Å²) in [5.74, 6) is 1.05. The van der Waals surface area contributed by atoms with E-state index < -0.39 is 0 Å². The number of benzene rings is 1. The van der Waals surface area contributed by atoms with Crippen LogP contribution in [-0.4, -0.2) is 25.3 Å². The lowest BCUT2D eigenvalue weighted by Crippen LogP contribution is -2.25. The predicted molar refractivity (Wildman–Crippen MR) is 62.1 cm³/mol. The zero-order chi connectivity index (χ0) is 10.3. The molecule has 1 aliphatic rings. The Kier molecular flexibility index (Phi) is 4.51. The van der Waals surface area contributed by atoms with Crippen molar-refractivity contribution in [1.82, 2.24) is 0 Å². The van der Waals surface area contributed by atoms with E-state index in [1.165, 1.54) is 4.90 Å². The fourth-order valence-electron chi connectivity index (χ4n) is 1.49. The molecule has 0 bridgehead atoms. The molecule has 0 amide bonds. The van der Waals surface area contributed by atoms with Crippen LogP contribution < -0.4 is 0 Å². The number of hydrogen-bond acceptors (Lipinski definition) is 3. The summed E-state index contributed by atoms with van der Waals surface area (Å²) in [6, 6.07) is 10.4. The molecule has 0 aliphatic carbocycles. The highest BCUT2D eigenvalue weighted by atomic mass is 32.2. The molecular formula is C12H16O2S. The Morgan fingerprint density at radius 3 is 2.60 bits per heavy atom. The van der Waals surface area contributed by atoms with Crippen molar-refractivity contribution in [1.29, 1.82) is 0 Å². The van der Waals surface area contributed by atoms with Gasteiger partial charge in [0.2, 0.25) is 0 Å². The highest BCUT2D eigenvalue weighted by Gasteiger charge is 2.13. The lowest BCUT2D eigenvalue weighted by molar-refractivity contribution is -0.178. The lowest BCUT2D eigenvalue weighted by Gasteiger charge is -2.22. The molecule has 3 heteroatoms. The van der Waals surface area contributed by atoms with E-state index in [2.05, 4.69) is 24.3 Å². The fraction of sp³-hybridized carbons (Fsp3) is 0.500. The molecule has 1 fully saturated rings. The average molecular weight is 224 g/mol. The van der Waals surface area contributed by atoms with Crippen molar-refractivity contribution in [3.8, 4) is 0 Å². The number of thioether (sulfide) groups is 1. The molecule has 1 aromatic rings. The highest BCUT2D eigenvalue weighted by molar-refractivity contribution is 7.99. The van der Waals surface area contributed by atoms with Crippen molar-refractivity contribution in [2.45, 2.75) is 24.0 Å². The standard InChI is InChI=1S/C12H16O2S/c1-2-5-11(6-3-1)15-10-7-12-13-8-4-9-14-12/h1-3,5-6,12H,4,7-10H2. The maximum Gasteiger partial charge on any atom is 0.158 e. The minimum Gasteiger partial charge on any atom is -0.353 e. The first kappa shape index (κ1) is 11.0. The molecule has 1 aliphatic heterocycles. The van der Waals surface area contributed by atoms with Crippen molar-refractivity contribution in [2.75, 3.05) is 19.0 Å². The minimum absolute atomic E-state index is 0.0231. The molecule has 1 aromatic carbocycles. The Hall–Kier alpha value is -0.510. The van der Waals surface area contributed by atoms with E-state index in [0.29, 0.717) is 0 Å². The normalized spacial score (nSPS) is 17.9. The summed E-state index contributed by atoms with van der Waals surface area (Å²) in [5.41, 5.74) is 0. The molecule has 0 radical (unpaired) electrons. The molecule has 0 atom stereocenters. The van der Waals surface area contributed by atoms with Gasteiger partial charge in [-0.3, -0.25) is 0 Å². The van der Waals surface area contributed by atoms with Crippen LogP contribution in [0.1, 0.15) is 12.8 Å². The molecule has 82 valence electrons. The molecule has 0 saturated carbocycles. The van der Waals surface area contributed by atoms with Crippen molar-refractivity contribution in [3.63, 3.8) is 0 Å². The Morgan fingerprint density at radius 2 is 1.87 bits per heavy atom. The summed E-state index contributed by atoms with van der Waals surface area (Å²) >= 11 is 1.85. The van der Waals surface area contributed by atoms with Crippen LogP contribution in [0.25, 0.3) is 0 Å². The second-order valence-electron chi connectivity index (χ2n) is 3.47. The summed E-state index contributed by atoms with van der Waals surface area (Å²) in [5, 5.41) is 0. The molecular weight excluding hydrogens is 208 g/mol. The van der Waals surface area contributed by atoms with Crippen LogP contribution in [0.5, 0.6) is 0 Å². The molecule has 0 N–H and O–H groups in total. The Balaban J connectivity index is 1.66. The largest absolute Gasteiger partial charge is 0.353 e. The second kappa shape index (κ2) is 6.16. The van der Waals surface area contributed by atoms with Crippen molar-refractivity contribution < 1.29 is 9.47 Å². The number of hydrogen-bond donors (Lipinski definition) is 0. The van der Waals surface area contributed by atoms with Gasteiger partial charge >= 0.3 is 0 Å². The van der Waals surface area contributed by atoms with E-state index in [1.807, 2.05) is 17.8 Å². The summed E-state index contributed by atoms with van der Waals surface area (Å²) in [4.78, 5) is 1.31. The maximum absolute atomic E-state index is 5.48. The molecule has 2 nitrogen and oxygen atoms in total. The van der Waals surface area contributed by atoms with Gasteiger partial charge < -0.3 is 9.47 Å². The van der Waals surface area contributed by atoms with Crippen LogP contribution >= 0.6 is 11.8 Å². The third kappa shape index (κ3) is 3.86. The van der Waals surface area contributed by atoms with Gasteiger partial charge in [-0.1, -0.05) is 18.2 Å². The van der Waals surface area contributed by atoms with Gasteiger partial charge in [0.15, 0.2) is 6.29 Å². The molecule has 0 spiro atoms. The molecule has 1 saturated heterocycles. The van der Waals surface area contributed by atoms with Crippen LogP contribution in [0.4, 0.5) is 0 Å². The SMILES string of the molecule is c1ccc(SCCC2OCCCO2)cc1. The first-order valence-electron chi connectivity index (χ1n) is 5.36. The van der Waals surface area contributed by atoms with Gasteiger partial charge in [-0.2, -0.15) is 0 Å². The van der Waals surface area contributed by atoms with Crippen LogP contribution in [0.3, 0.4) is 0 Å². The Labute approximate surface area is 95.0 Å². The van der Waals surface area contributed by atoms with Crippen molar-refractivity contribution in [3.05, 3.63) is 30.3 Å². The van der Waals surface area contributed by atoms with Crippen molar-refractivity contribution >= 4 is 11.8 Å². The molecule has 1 heterocycles. The first-order chi connectivity index (χ1) is 7.45. The van der Waals surface area contributed by atoms with E-state index in [4.69, 9.17) is 9.47 Å². The molecule has 2 rings (SSSR count). The highest BCUT2D eigenvalue weighted by Crippen LogP contribution is 2.20. The Bertz CT molecular complexity index is 270. The smallest absolute Gasteiger partial charge is 0.158 e. The zero-order valence-corrected chi connectivity index (χ0v) is 9.54. The summed E-state index contributed by atoms with van der Waals surface area (Å²) in [7, 11) is 0. The van der Waals surface area contributed by atoms with Gasteiger partial charge in [0.1, 0.15) is 0 Å². The average Bonchev–Trinajstić information content (AvgIpc) is 2.32. The van der Waals surface area contributed by atoms with Crippen molar-refractivity contribution in [2.24, 2.45) is 0 Å². The monoisotopic (exact) mass is 224 g/mol. The quantitative estimate of drug-likeness (QED) is 0.733. The first-order valence-corrected chi connectivity index (χ1v) is 6.35. The topological polar surface area (TPSA) is 18.5 Å². The van der Waals surface area contributed by atoms with Crippen LogP contribution in [0.15, 0.2) is 35.2 Å². The number of ether oxygens (including phenoxy) is 2. The van der Waals surface area contributed by atoms with Gasteiger partial charge in [0, 0.05) is 17.1 Å². The van der Waals surface area contributed by atoms with Gasteiger partial charge in [-0.15, -0.1) is 11.8 Å². The van der Waals surface area contributed by atoms with E-state index >= 15 is 0 Å². The van der Waals surface area contributed by atoms with Gasteiger partial charge in [0.05, 0.1) is 13.2 Å². The lowest BCUT2D eigenvalue weighted by atomic mass is 10.4. The van der Waals surface area contributed by atoms with Gasteiger partial charge in [-0.25, -0.2) is 0 Å². The third-order valence-electron chi connectivity index (χ3n) is 2.26. The zero-order valence-electron chi connectivity index (χ0n) is 8.72. The fourth-order valence-corrected chi connectivity index (χ4v) is 2.39. The van der Waals surface area contributed by atoms with E-state index in [9.17, 15) is 0 Å². The Morgan fingerprint density at radius 1 is 1.13 bits per heavy atom.